The Bertz CT molecular complexity index is 609. The molecule has 116 valence electrons. The third-order valence-electron chi connectivity index (χ3n) is 4.21. The number of ether oxygens (including phenoxy) is 1. The fraction of sp³-hybridized carbons (Fsp3) is 0.600. The molecular weight excluding hydrogens is 288 g/mol. The Labute approximate surface area is 126 Å². The molecule has 3 rings (SSSR count). The van der Waals surface area contributed by atoms with E-state index in [0.717, 1.165) is 44.5 Å². The Hall–Kier alpha value is -1.11. The average Bonchev–Trinajstić information content (AvgIpc) is 2.99. The quantitative estimate of drug-likeness (QED) is 0.922. The van der Waals surface area contributed by atoms with Crippen LogP contribution in [0.4, 0.5) is 5.69 Å². The fourth-order valence-corrected chi connectivity index (χ4v) is 4.18. The SMILES string of the molecule is CN(CC1CCCO1)S(=O)(=O)c1ccc2c(c1)NCCC2. The van der Waals surface area contributed by atoms with Gasteiger partial charge in [0, 0.05) is 32.4 Å². The zero-order chi connectivity index (χ0) is 14.9. The highest BCUT2D eigenvalue weighted by Crippen LogP contribution is 2.27. The molecule has 5 nitrogen and oxygen atoms in total. The first-order valence-electron chi connectivity index (χ1n) is 7.52. The van der Waals surface area contributed by atoms with Crippen molar-refractivity contribution in [2.24, 2.45) is 0 Å². The van der Waals surface area contributed by atoms with E-state index in [4.69, 9.17) is 4.74 Å². The summed E-state index contributed by atoms with van der Waals surface area (Å²) < 4.78 is 32.2. The van der Waals surface area contributed by atoms with Crippen LogP contribution in [0.1, 0.15) is 24.8 Å². The molecule has 6 heteroatoms. The van der Waals surface area contributed by atoms with Crippen LogP contribution >= 0.6 is 0 Å². The first kappa shape index (κ1) is 14.8. The molecule has 2 aliphatic rings. The number of fused-ring (bicyclic) bond motifs is 1. The second-order valence-electron chi connectivity index (χ2n) is 5.77. The minimum Gasteiger partial charge on any atom is -0.385 e. The van der Waals surface area contributed by atoms with Crippen molar-refractivity contribution in [2.75, 3.05) is 32.1 Å². The first-order chi connectivity index (χ1) is 10.1. The van der Waals surface area contributed by atoms with Crippen LogP contribution < -0.4 is 5.32 Å². The van der Waals surface area contributed by atoms with Crippen LogP contribution in [0.25, 0.3) is 0 Å². The smallest absolute Gasteiger partial charge is 0.242 e. The number of benzene rings is 1. The van der Waals surface area contributed by atoms with Crippen molar-refractivity contribution < 1.29 is 13.2 Å². The summed E-state index contributed by atoms with van der Waals surface area (Å²) in [6.07, 6.45) is 4.08. The lowest BCUT2D eigenvalue weighted by Crippen LogP contribution is -2.34. The van der Waals surface area contributed by atoms with E-state index in [0.29, 0.717) is 11.4 Å². The van der Waals surface area contributed by atoms with Crippen molar-refractivity contribution in [2.45, 2.75) is 36.7 Å². The van der Waals surface area contributed by atoms with Crippen molar-refractivity contribution in [1.82, 2.24) is 4.31 Å². The minimum absolute atomic E-state index is 0.0283. The molecule has 0 radical (unpaired) electrons. The van der Waals surface area contributed by atoms with E-state index in [9.17, 15) is 8.42 Å². The van der Waals surface area contributed by atoms with Crippen LogP contribution in [0, 0.1) is 0 Å². The fourth-order valence-electron chi connectivity index (χ4n) is 2.95. The van der Waals surface area contributed by atoms with Crippen molar-refractivity contribution in [3.63, 3.8) is 0 Å². The monoisotopic (exact) mass is 310 g/mol. The summed E-state index contributed by atoms with van der Waals surface area (Å²) >= 11 is 0. The Balaban J connectivity index is 1.80. The van der Waals surface area contributed by atoms with Gasteiger partial charge in [0.1, 0.15) is 0 Å². The number of hydrogen-bond acceptors (Lipinski definition) is 4. The maximum Gasteiger partial charge on any atom is 0.242 e. The molecule has 0 saturated carbocycles. The first-order valence-corrected chi connectivity index (χ1v) is 8.96. The number of anilines is 1. The van der Waals surface area contributed by atoms with Gasteiger partial charge in [-0.1, -0.05) is 6.07 Å². The molecule has 21 heavy (non-hydrogen) atoms. The molecule has 0 bridgehead atoms. The Morgan fingerprint density at radius 2 is 2.24 bits per heavy atom. The van der Waals surface area contributed by atoms with Gasteiger partial charge in [0.2, 0.25) is 10.0 Å². The summed E-state index contributed by atoms with van der Waals surface area (Å²) in [7, 11) is -1.82. The summed E-state index contributed by atoms with van der Waals surface area (Å²) in [6, 6.07) is 5.40. The van der Waals surface area contributed by atoms with Gasteiger partial charge >= 0.3 is 0 Å². The molecule has 1 saturated heterocycles. The molecule has 1 aromatic carbocycles. The third kappa shape index (κ3) is 3.07. The normalized spacial score (nSPS) is 22.1. The Morgan fingerprint density at radius 3 is 3.00 bits per heavy atom. The maximum absolute atomic E-state index is 12.6. The minimum atomic E-state index is -3.45. The predicted octanol–water partition coefficient (Wildman–Crippen LogP) is 1.84. The van der Waals surface area contributed by atoms with Gasteiger partial charge in [0.15, 0.2) is 0 Å². The highest BCUT2D eigenvalue weighted by Gasteiger charge is 2.26. The summed E-state index contributed by atoms with van der Waals surface area (Å²) in [4.78, 5) is 0.358. The molecule has 1 aromatic rings. The van der Waals surface area contributed by atoms with E-state index < -0.39 is 10.0 Å². The summed E-state index contributed by atoms with van der Waals surface area (Å²) in [5, 5.41) is 3.28. The van der Waals surface area contributed by atoms with E-state index in [2.05, 4.69) is 5.32 Å². The maximum atomic E-state index is 12.6. The van der Waals surface area contributed by atoms with E-state index >= 15 is 0 Å². The zero-order valence-corrected chi connectivity index (χ0v) is 13.2. The van der Waals surface area contributed by atoms with Gasteiger partial charge in [0.05, 0.1) is 11.0 Å². The van der Waals surface area contributed by atoms with E-state index in [1.165, 1.54) is 9.87 Å². The summed E-state index contributed by atoms with van der Waals surface area (Å²) in [5.41, 5.74) is 2.15. The number of nitrogens with zero attached hydrogens (tertiary/aromatic N) is 1. The zero-order valence-electron chi connectivity index (χ0n) is 12.3. The van der Waals surface area contributed by atoms with Crippen molar-refractivity contribution >= 4 is 15.7 Å². The molecule has 1 N–H and O–H groups in total. The van der Waals surface area contributed by atoms with Gasteiger partial charge in [-0.15, -0.1) is 0 Å². The summed E-state index contributed by atoms with van der Waals surface area (Å²) in [5.74, 6) is 0. The number of aryl methyl sites for hydroxylation is 1. The van der Waals surface area contributed by atoms with Gasteiger partial charge in [0.25, 0.3) is 0 Å². The molecule has 2 heterocycles. The standard InChI is InChI=1S/C15H22N2O3S/c1-17(11-13-5-3-9-20-13)21(18,19)14-7-6-12-4-2-8-16-15(12)10-14/h6-7,10,13,16H,2-5,8-9,11H2,1H3. The van der Waals surface area contributed by atoms with Gasteiger partial charge in [-0.05, 0) is 43.4 Å². The lowest BCUT2D eigenvalue weighted by molar-refractivity contribution is 0.0979. The molecule has 1 atom stereocenters. The molecular formula is C15H22N2O3S. The lowest BCUT2D eigenvalue weighted by atomic mass is 10.0. The average molecular weight is 310 g/mol. The van der Waals surface area contributed by atoms with Gasteiger partial charge in [-0.2, -0.15) is 4.31 Å². The highest BCUT2D eigenvalue weighted by molar-refractivity contribution is 7.89. The van der Waals surface area contributed by atoms with Crippen molar-refractivity contribution in [3.8, 4) is 0 Å². The number of nitrogens with one attached hydrogen (secondary N) is 1. The van der Waals surface area contributed by atoms with Crippen LogP contribution in [0.2, 0.25) is 0 Å². The Morgan fingerprint density at radius 1 is 1.38 bits per heavy atom. The second kappa shape index (κ2) is 5.94. The van der Waals surface area contributed by atoms with E-state index in [1.807, 2.05) is 6.07 Å². The van der Waals surface area contributed by atoms with Crippen LogP contribution in [0.5, 0.6) is 0 Å². The number of hydrogen-bond donors (Lipinski definition) is 1. The van der Waals surface area contributed by atoms with Crippen LogP contribution in [-0.2, 0) is 21.2 Å². The largest absolute Gasteiger partial charge is 0.385 e. The van der Waals surface area contributed by atoms with Crippen molar-refractivity contribution in [3.05, 3.63) is 23.8 Å². The van der Waals surface area contributed by atoms with Gasteiger partial charge in [-0.25, -0.2) is 8.42 Å². The number of sulfonamides is 1. The number of likely N-dealkylation sites (N-methyl/N-ethyl adjacent to an activating group) is 1. The molecule has 0 amide bonds. The van der Waals surface area contributed by atoms with Gasteiger partial charge in [-0.3, -0.25) is 0 Å². The lowest BCUT2D eigenvalue weighted by Gasteiger charge is -2.23. The van der Waals surface area contributed by atoms with Crippen LogP contribution in [-0.4, -0.2) is 45.6 Å². The highest BCUT2D eigenvalue weighted by atomic mass is 32.2. The second-order valence-corrected chi connectivity index (χ2v) is 7.81. The number of rotatable bonds is 4. The topological polar surface area (TPSA) is 58.6 Å². The summed E-state index contributed by atoms with van der Waals surface area (Å²) in [6.45, 7) is 2.07. The van der Waals surface area contributed by atoms with E-state index in [-0.39, 0.29) is 6.10 Å². The molecule has 0 spiro atoms. The van der Waals surface area contributed by atoms with E-state index in [1.54, 1.807) is 19.2 Å². The van der Waals surface area contributed by atoms with Gasteiger partial charge < -0.3 is 10.1 Å². The Kier molecular flexibility index (Phi) is 4.19. The molecule has 2 aliphatic heterocycles. The molecule has 1 fully saturated rings. The molecule has 0 aromatic heterocycles. The molecule has 0 aliphatic carbocycles. The predicted molar refractivity (Wildman–Crippen MR) is 82.0 cm³/mol. The van der Waals surface area contributed by atoms with Crippen LogP contribution in [0.15, 0.2) is 23.1 Å². The molecule has 1 unspecified atom stereocenters. The third-order valence-corrected chi connectivity index (χ3v) is 6.03. The van der Waals surface area contributed by atoms with Crippen molar-refractivity contribution in [1.29, 1.82) is 0 Å². The van der Waals surface area contributed by atoms with Crippen LogP contribution in [0.3, 0.4) is 0 Å².